The summed E-state index contributed by atoms with van der Waals surface area (Å²) in [4.78, 5) is 12.5. The van der Waals surface area contributed by atoms with Crippen molar-refractivity contribution in [2.24, 2.45) is 0 Å². The van der Waals surface area contributed by atoms with Crippen LogP contribution in [-0.4, -0.2) is 16.0 Å². The number of ether oxygens (including phenoxy) is 1. The molecule has 1 aliphatic carbocycles. The summed E-state index contributed by atoms with van der Waals surface area (Å²) in [6.45, 7) is 3.92. The number of ketones is 1. The Morgan fingerprint density at radius 2 is 1.87 bits per heavy atom. The van der Waals surface area contributed by atoms with E-state index in [9.17, 15) is 4.79 Å². The number of hydrogen-bond acceptors (Lipinski definition) is 7. The average Bonchev–Trinajstić information content (AvgIpc) is 3.52. The van der Waals surface area contributed by atoms with Gasteiger partial charge in [0, 0.05) is 23.3 Å². The Hall–Kier alpha value is -3.61. The Bertz CT molecular complexity index is 1150. The molecule has 1 fully saturated rings. The molecule has 2 heterocycles. The van der Waals surface area contributed by atoms with Crippen molar-refractivity contribution in [2.45, 2.75) is 45.3 Å². The number of nitrogens with zero attached hydrogens (tertiary/aromatic N) is 2. The maximum Gasteiger partial charge on any atom is 0.243 e. The first-order valence-corrected chi connectivity index (χ1v) is 10.5. The van der Waals surface area contributed by atoms with Gasteiger partial charge in [-0.3, -0.25) is 4.79 Å². The summed E-state index contributed by atoms with van der Waals surface area (Å²) in [5.41, 5.74) is 4.08. The largest absolute Gasteiger partial charge is 0.489 e. The molecule has 0 spiro atoms. The predicted molar refractivity (Wildman–Crippen MR) is 117 cm³/mol. The fourth-order valence-electron chi connectivity index (χ4n) is 3.81. The number of carbonyl (C=O) groups excluding carboxylic acids is 1. The second-order valence-corrected chi connectivity index (χ2v) is 8.03. The smallest absolute Gasteiger partial charge is 0.243 e. The molecule has 1 aliphatic heterocycles. The molecule has 0 bridgehead atoms. The molecule has 31 heavy (non-hydrogen) atoms. The van der Waals surface area contributed by atoms with Gasteiger partial charge >= 0.3 is 0 Å². The number of anilines is 2. The minimum atomic E-state index is -0.512. The number of benzene rings is 2. The Kier molecular flexibility index (Phi) is 4.94. The van der Waals surface area contributed by atoms with E-state index >= 15 is 0 Å². The van der Waals surface area contributed by atoms with Crippen LogP contribution in [0.1, 0.15) is 56.0 Å². The first kappa shape index (κ1) is 19.4. The van der Waals surface area contributed by atoms with E-state index in [-0.39, 0.29) is 5.78 Å². The number of hydrogen-bond donors (Lipinski definition) is 2. The minimum Gasteiger partial charge on any atom is -0.489 e. The zero-order valence-electron chi connectivity index (χ0n) is 17.5. The van der Waals surface area contributed by atoms with Gasteiger partial charge in [-0.15, -0.1) is 10.2 Å². The predicted octanol–water partition coefficient (Wildman–Crippen LogP) is 4.97. The van der Waals surface area contributed by atoms with Crippen LogP contribution in [0.15, 0.2) is 64.2 Å². The summed E-state index contributed by atoms with van der Waals surface area (Å²) in [6, 6.07) is 15.3. The SMILES string of the molecule is CC(=O)C1=C(C)Nc2cc(OCc3ccccc3)ccc2NC1c1nnc(C2CC2)o1. The molecule has 5 rings (SSSR count). The Morgan fingerprint density at radius 3 is 2.61 bits per heavy atom. The summed E-state index contributed by atoms with van der Waals surface area (Å²) < 4.78 is 11.9. The van der Waals surface area contributed by atoms with E-state index in [4.69, 9.17) is 9.15 Å². The van der Waals surface area contributed by atoms with Gasteiger partial charge in [0.1, 0.15) is 18.4 Å². The van der Waals surface area contributed by atoms with E-state index < -0.39 is 6.04 Å². The lowest BCUT2D eigenvalue weighted by molar-refractivity contribution is -0.113. The highest BCUT2D eigenvalue weighted by molar-refractivity contribution is 5.97. The molecule has 1 saturated carbocycles. The molecule has 3 aromatic rings. The number of carbonyl (C=O) groups is 1. The van der Waals surface area contributed by atoms with Crippen molar-refractivity contribution >= 4 is 17.2 Å². The van der Waals surface area contributed by atoms with Crippen LogP contribution >= 0.6 is 0 Å². The average molecular weight is 416 g/mol. The van der Waals surface area contributed by atoms with Gasteiger partial charge in [0.2, 0.25) is 11.8 Å². The van der Waals surface area contributed by atoms with Gasteiger partial charge in [-0.05, 0) is 44.4 Å². The molecule has 1 aromatic heterocycles. The zero-order valence-corrected chi connectivity index (χ0v) is 17.5. The standard InChI is InChI=1S/C24H24N4O3/c1-14-21(15(2)29)22(24-28-27-23(31-24)17-8-9-17)26-19-11-10-18(12-20(19)25-14)30-13-16-6-4-3-5-7-16/h3-7,10-12,17,22,25-26H,8-9,13H2,1-2H3. The highest BCUT2D eigenvalue weighted by Gasteiger charge is 2.34. The molecule has 2 N–H and O–H groups in total. The third kappa shape index (κ3) is 4.03. The van der Waals surface area contributed by atoms with Crippen molar-refractivity contribution in [2.75, 3.05) is 10.6 Å². The van der Waals surface area contributed by atoms with E-state index in [1.54, 1.807) is 6.92 Å². The minimum absolute atomic E-state index is 0.0537. The fourth-order valence-corrected chi connectivity index (χ4v) is 3.81. The van der Waals surface area contributed by atoms with Crippen LogP contribution in [0.3, 0.4) is 0 Å². The molecule has 7 heteroatoms. The molecule has 158 valence electrons. The Morgan fingerprint density at radius 1 is 1.10 bits per heavy atom. The third-order valence-corrected chi connectivity index (χ3v) is 5.56. The number of aromatic nitrogens is 2. The Labute approximate surface area is 180 Å². The summed E-state index contributed by atoms with van der Waals surface area (Å²) >= 11 is 0. The summed E-state index contributed by atoms with van der Waals surface area (Å²) in [5, 5.41) is 15.2. The van der Waals surface area contributed by atoms with Crippen molar-refractivity contribution in [3.63, 3.8) is 0 Å². The van der Waals surface area contributed by atoms with Crippen LogP contribution in [0.25, 0.3) is 0 Å². The van der Waals surface area contributed by atoms with Gasteiger partial charge in [-0.25, -0.2) is 0 Å². The van der Waals surface area contributed by atoms with Gasteiger partial charge in [0.15, 0.2) is 5.78 Å². The van der Waals surface area contributed by atoms with Gasteiger partial charge in [-0.2, -0.15) is 0 Å². The van der Waals surface area contributed by atoms with E-state index in [2.05, 4.69) is 20.8 Å². The Balaban J connectivity index is 1.43. The molecule has 7 nitrogen and oxygen atoms in total. The molecule has 0 amide bonds. The van der Waals surface area contributed by atoms with Crippen molar-refractivity contribution < 1.29 is 13.9 Å². The van der Waals surface area contributed by atoms with Crippen LogP contribution in [0.2, 0.25) is 0 Å². The zero-order chi connectivity index (χ0) is 21.4. The van der Waals surface area contributed by atoms with Crippen LogP contribution < -0.4 is 15.4 Å². The highest BCUT2D eigenvalue weighted by atomic mass is 16.5. The molecule has 0 saturated heterocycles. The highest BCUT2D eigenvalue weighted by Crippen LogP contribution is 2.42. The van der Waals surface area contributed by atoms with Crippen LogP contribution in [0.5, 0.6) is 5.75 Å². The van der Waals surface area contributed by atoms with Crippen molar-refractivity contribution in [3.8, 4) is 5.75 Å². The summed E-state index contributed by atoms with van der Waals surface area (Å²) in [5.74, 6) is 2.10. The monoisotopic (exact) mass is 416 g/mol. The topological polar surface area (TPSA) is 89.3 Å². The molecule has 2 aromatic carbocycles. The number of nitrogens with one attached hydrogen (secondary N) is 2. The van der Waals surface area contributed by atoms with Crippen LogP contribution in [0, 0.1) is 0 Å². The summed E-state index contributed by atoms with van der Waals surface area (Å²) in [6.07, 6.45) is 2.15. The quantitative estimate of drug-likeness (QED) is 0.586. The van der Waals surface area contributed by atoms with Gasteiger partial charge in [0.05, 0.1) is 11.4 Å². The van der Waals surface area contributed by atoms with E-state index in [1.165, 1.54) is 0 Å². The molecule has 2 aliphatic rings. The number of rotatable bonds is 6. The lowest BCUT2D eigenvalue weighted by Crippen LogP contribution is -2.19. The number of Topliss-reactive ketones (excluding diaryl/α,β-unsaturated/α-hetero) is 1. The van der Waals surface area contributed by atoms with Crippen molar-refractivity contribution in [3.05, 3.63) is 77.1 Å². The summed E-state index contributed by atoms with van der Waals surface area (Å²) in [7, 11) is 0. The van der Waals surface area contributed by atoms with Gasteiger partial charge < -0.3 is 19.8 Å². The second kappa shape index (κ2) is 7.91. The molecule has 0 radical (unpaired) electrons. The maximum absolute atomic E-state index is 12.5. The number of allylic oxidation sites excluding steroid dienone is 1. The lowest BCUT2D eigenvalue weighted by atomic mass is 10.0. The van der Waals surface area contributed by atoms with Crippen molar-refractivity contribution in [1.29, 1.82) is 0 Å². The normalized spacial score (nSPS) is 17.9. The first-order valence-electron chi connectivity index (χ1n) is 10.5. The van der Waals surface area contributed by atoms with Crippen LogP contribution in [0.4, 0.5) is 11.4 Å². The van der Waals surface area contributed by atoms with Gasteiger partial charge in [0.25, 0.3) is 0 Å². The third-order valence-electron chi connectivity index (χ3n) is 5.56. The van der Waals surface area contributed by atoms with Crippen molar-refractivity contribution in [1.82, 2.24) is 10.2 Å². The lowest BCUT2D eigenvalue weighted by Gasteiger charge is -2.17. The van der Waals surface area contributed by atoms with E-state index in [0.29, 0.717) is 29.9 Å². The fraction of sp³-hybridized carbons (Fsp3) is 0.292. The number of fused-ring (bicyclic) bond motifs is 1. The van der Waals surface area contributed by atoms with Gasteiger partial charge in [-0.1, -0.05) is 30.3 Å². The molecular formula is C24H24N4O3. The van der Waals surface area contributed by atoms with E-state index in [1.807, 2.05) is 55.5 Å². The second-order valence-electron chi connectivity index (χ2n) is 8.03. The maximum atomic E-state index is 12.5. The molecule has 1 atom stereocenters. The first-order chi connectivity index (χ1) is 15.1. The van der Waals surface area contributed by atoms with E-state index in [0.717, 1.165) is 41.2 Å². The molecular weight excluding hydrogens is 392 g/mol. The molecule has 1 unspecified atom stereocenters. The van der Waals surface area contributed by atoms with Crippen LogP contribution in [-0.2, 0) is 11.4 Å².